The first kappa shape index (κ1) is 20.1. The normalized spacial score (nSPS) is 11.9. The minimum atomic E-state index is 0.192. The maximum atomic E-state index is 2.27. The van der Waals surface area contributed by atoms with Crippen molar-refractivity contribution < 1.29 is 0 Å². The smallest absolute Gasteiger partial charge is 0.0109 e. The molecule has 0 atom stereocenters. The molecule has 0 aliphatic heterocycles. The Morgan fingerprint density at radius 2 is 1.36 bits per heavy atom. The Kier molecular flexibility index (Phi) is 6.52. The highest BCUT2D eigenvalue weighted by molar-refractivity contribution is 5.82. The van der Waals surface area contributed by atoms with Crippen molar-refractivity contribution in [3.8, 4) is 11.1 Å². The molecule has 0 saturated heterocycles. The highest BCUT2D eigenvalue weighted by Gasteiger charge is 2.12. The van der Waals surface area contributed by atoms with Crippen LogP contribution in [0.1, 0.15) is 62.8 Å². The minimum Gasteiger partial charge on any atom is -0.0654 e. The van der Waals surface area contributed by atoms with E-state index in [1.807, 2.05) is 0 Å². The summed E-state index contributed by atoms with van der Waals surface area (Å²) >= 11 is 0. The maximum Gasteiger partial charge on any atom is -0.0109 e. The molecule has 0 aliphatic rings. The van der Waals surface area contributed by atoms with Gasteiger partial charge in [0.1, 0.15) is 0 Å². The first-order valence-electron chi connectivity index (χ1n) is 10.4. The molecule has 3 aromatic rings. The SMILES string of the molecule is CCCCc1ccccc1-c1ccccc1/C=C/c1ccc(C(C)(C)C)cc1. The largest absolute Gasteiger partial charge is 0.0654 e. The van der Waals surface area contributed by atoms with Crippen molar-refractivity contribution in [1.29, 1.82) is 0 Å². The Bertz CT molecular complexity index is 921. The van der Waals surface area contributed by atoms with Crippen molar-refractivity contribution in [2.24, 2.45) is 0 Å². The van der Waals surface area contributed by atoms with E-state index < -0.39 is 0 Å². The standard InChI is InChI=1S/C28H32/c1-5-6-11-23-12-7-9-14-26(23)27-15-10-8-13-24(27)19-16-22-17-20-25(21-18-22)28(2,3)4/h7-10,12-21H,5-6,11H2,1-4H3/b19-16+. The van der Waals surface area contributed by atoms with Gasteiger partial charge in [0.05, 0.1) is 0 Å². The summed E-state index contributed by atoms with van der Waals surface area (Å²) in [5, 5.41) is 0. The lowest BCUT2D eigenvalue weighted by Gasteiger charge is -2.18. The summed E-state index contributed by atoms with van der Waals surface area (Å²) in [7, 11) is 0. The highest BCUT2D eigenvalue weighted by atomic mass is 14.2. The van der Waals surface area contributed by atoms with Crippen LogP contribution >= 0.6 is 0 Å². The summed E-state index contributed by atoms with van der Waals surface area (Å²) < 4.78 is 0. The van der Waals surface area contributed by atoms with E-state index in [-0.39, 0.29) is 5.41 Å². The Morgan fingerprint density at radius 1 is 0.714 bits per heavy atom. The van der Waals surface area contributed by atoms with Crippen molar-refractivity contribution >= 4 is 12.2 Å². The summed E-state index contributed by atoms with van der Waals surface area (Å²) in [5.74, 6) is 0. The fourth-order valence-electron chi connectivity index (χ4n) is 3.54. The predicted octanol–water partition coefficient (Wildman–Crippen LogP) is 8.16. The van der Waals surface area contributed by atoms with E-state index in [9.17, 15) is 0 Å². The number of unbranched alkanes of at least 4 members (excludes halogenated alkanes) is 1. The van der Waals surface area contributed by atoms with Crippen molar-refractivity contribution in [3.05, 3.63) is 95.1 Å². The van der Waals surface area contributed by atoms with Gasteiger partial charge < -0.3 is 0 Å². The molecular formula is C28H32. The van der Waals surface area contributed by atoms with Gasteiger partial charge in [-0.15, -0.1) is 0 Å². The van der Waals surface area contributed by atoms with E-state index in [0.717, 1.165) is 6.42 Å². The number of benzene rings is 3. The number of rotatable bonds is 6. The zero-order valence-corrected chi connectivity index (χ0v) is 17.7. The van der Waals surface area contributed by atoms with Gasteiger partial charge in [-0.3, -0.25) is 0 Å². The highest BCUT2D eigenvalue weighted by Crippen LogP contribution is 2.30. The van der Waals surface area contributed by atoms with Gasteiger partial charge in [0.2, 0.25) is 0 Å². The molecule has 28 heavy (non-hydrogen) atoms. The van der Waals surface area contributed by atoms with Crippen LogP contribution in [-0.2, 0) is 11.8 Å². The van der Waals surface area contributed by atoms with E-state index in [4.69, 9.17) is 0 Å². The predicted molar refractivity (Wildman–Crippen MR) is 125 cm³/mol. The van der Waals surface area contributed by atoms with Gasteiger partial charge in [0.15, 0.2) is 0 Å². The Hall–Kier alpha value is -2.60. The molecule has 3 rings (SSSR count). The number of hydrogen-bond donors (Lipinski definition) is 0. The Balaban J connectivity index is 1.90. The molecule has 0 aromatic heterocycles. The second kappa shape index (κ2) is 9.06. The molecule has 0 amide bonds. The molecule has 144 valence electrons. The number of hydrogen-bond acceptors (Lipinski definition) is 0. The van der Waals surface area contributed by atoms with Crippen molar-refractivity contribution in [3.63, 3.8) is 0 Å². The molecule has 0 heterocycles. The van der Waals surface area contributed by atoms with E-state index in [2.05, 4.69) is 113 Å². The lowest BCUT2D eigenvalue weighted by Crippen LogP contribution is -2.10. The van der Waals surface area contributed by atoms with Gasteiger partial charge in [-0.25, -0.2) is 0 Å². The zero-order valence-electron chi connectivity index (χ0n) is 17.7. The average Bonchev–Trinajstić information content (AvgIpc) is 2.71. The topological polar surface area (TPSA) is 0 Å². The minimum absolute atomic E-state index is 0.192. The molecular weight excluding hydrogens is 336 g/mol. The van der Waals surface area contributed by atoms with Gasteiger partial charge >= 0.3 is 0 Å². The molecule has 0 N–H and O–H groups in total. The van der Waals surface area contributed by atoms with Crippen molar-refractivity contribution in [2.75, 3.05) is 0 Å². The second-order valence-corrected chi connectivity index (χ2v) is 8.55. The summed E-state index contributed by atoms with van der Waals surface area (Å²) in [6.45, 7) is 9.02. The van der Waals surface area contributed by atoms with Crippen LogP contribution in [-0.4, -0.2) is 0 Å². The lowest BCUT2D eigenvalue weighted by atomic mass is 9.86. The molecule has 0 nitrogen and oxygen atoms in total. The Labute approximate surface area is 171 Å². The van der Waals surface area contributed by atoms with Gasteiger partial charge in [0.25, 0.3) is 0 Å². The second-order valence-electron chi connectivity index (χ2n) is 8.55. The first-order valence-corrected chi connectivity index (χ1v) is 10.4. The van der Waals surface area contributed by atoms with Crippen LogP contribution in [0.25, 0.3) is 23.3 Å². The summed E-state index contributed by atoms with van der Waals surface area (Å²) in [6.07, 6.45) is 8.06. The summed E-state index contributed by atoms with van der Waals surface area (Å²) in [5.41, 5.74) is 8.19. The lowest BCUT2D eigenvalue weighted by molar-refractivity contribution is 0.590. The Morgan fingerprint density at radius 3 is 2.04 bits per heavy atom. The van der Waals surface area contributed by atoms with E-state index in [1.165, 1.54) is 46.2 Å². The van der Waals surface area contributed by atoms with Gasteiger partial charge in [-0.2, -0.15) is 0 Å². The monoisotopic (exact) mass is 368 g/mol. The molecule has 0 heteroatoms. The van der Waals surface area contributed by atoms with Crippen molar-refractivity contribution in [1.82, 2.24) is 0 Å². The third-order valence-electron chi connectivity index (χ3n) is 5.30. The van der Waals surface area contributed by atoms with Crippen LogP contribution in [0.5, 0.6) is 0 Å². The molecule has 0 spiro atoms. The number of aryl methyl sites for hydroxylation is 1. The molecule has 0 fully saturated rings. The quantitative estimate of drug-likeness (QED) is 0.385. The third kappa shape index (κ3) is 5.01. The molecule has 0 aliphatic carbocycles. The van der Waals surface area contributed by atoms with E-state index in [1.54, 1.807) is 0 Å². The van der Waals surface area contributed by atoms with Gasteiger partial charge in [0, 0.05) is 0 Å². The fourth-order valence-corrected chi connectivity index (χ4v) is 3.54. The third-order valence-corrected chi connectivity index (χ3v) is 5.30. The van der Waals surface area contributed by atoms with Crippen LogP contribution in [0.15, 0.2) is 72.8 Å². The molecule has 3 aromatic carbocycles. The molecule has 0 saturated carbocycles. The zero-order chi connectivity index (χ0) is 20.0. The molecule has 0 unspecified atom stereocenters. The average molecular weight is 369 g/mol. The van der Waals surface area contributed by atoms with Crippen molar-refractivity contribution in [2.45, 2.75) is 52.4 Å². The van der Waals surface area contributed by atoms with Crippen LogP contribution in [0.4, 0.5) is 0 Å². The maximum absolute atomic E-state index is 2.27. The molecule has 0 bridgehead atoms. The van der Waals surface area contributed by atoms with Crippen LogP contribution in [0, 0.1) is 0 Å². The first-order chi connectivity index (χ1) is 13.5. The fraction of sp³-hybridized carbons (Fsp3) is 0.286. The van der Waals surface area contributed by atoms with Gasteiger partial charge in [-0.1, -0.05) is 119 Å². The molecule has 0 radical (unpaired) electrons. The summed E-state index contributed by atoms with van der Waals surface area (Å²) in [6, 6.07) is 26.5. The van der Waals surface area contributed by atoms with E-state index in [0.29, 0.717) is 0 Å². The van der Waals surface area contributed by atoms with Gasteiger partial charge in [-0.05, 0) is 51.6 Å². The summed E-state index contributed by atoms with van der Waals surface area (Å²) in [4.78, 5) is 0. The van der Waals surface area contributed by atoms with Crippen LogP contribution in [0.2, 0.25) is 0 Å². The van der Waals surface area contributed by atoms with Crippen LogP contribution in [0.3, 0.4) is 0 Å². The van der Waals surface area contributed by atoms with Crippen LogP contribution < -0.4 is 0 Å². The van der Waals surface area contributed by atoms with E-state index >= 15 is 0 Å².